The van der Waals surface area contributed by atoms with Crippen LogP contribution in [-0.4, -0.2) is 16.1 Å². The Morgan fingerprint density at radius 2 is 1.56 bits per heavy atom. The van der Waals surface area contributed by atoms with Crippen LogP contribution in [0, 0.1) is 17.9 Å². The lowest BCUT2D eigenvalue weighted by molar-refractivity contribution is -0.297. The molecule has 5 aromatic rings. The van der Waals surface area contributed by atoms with E-state index in [1.165, 1.54) is 0 Å². The van der Waals surface area contributed by atoms with Gasteiger partial charge in [0, 0.05) is 59.1 Å². The Bertz CT molecular complexity index is 2130. The maximum absolute atomic E-state index is 13.9. The van der Waals surface area contributed by atoms with Crippen LogP contribution in [0.5, 0.6) is 0 Å². The van der Waals surface area contributed by atoms with Crippen LogP contribution in [0.15, 0.2) is 115 Å². The number of hydrogen-bond donors (Lipinski definition) is 0. The summed E-state index contributed by atoms with van der Waals surface area (Å²) in [7, 11) is 0. The van der Waals surface area contributed by atoms with Gasteiger partial charge >= 0.3 is 0 Å². The smallest absolute Gasteiger partial charge is 0.219 e. The van der Waals surface area contributed by atoms with Gasteiger partial charge in [-0.15, -0.1) is 0 Å². The van der Waals surface area contributed by atoms with Crippen LogP contribution < -0.4 is 9.68 Å². The Morgan fingerprint density at radius 3 is 2.27 bits per heavy atom. The SMILES string of the molecule is [C-]#[N+]c1ccc(-n2cc(C3=C([O-])/C(=C4/C(C)=[N+](c5ccc(C#N)cc5)c5ccccc54)C3=O)c3ccccc32)cc1. The largest absolute Gasteiger partial charge is 0.871 e. The first-order valence-corrected chi connectivity index (χ1v) is 13.0. The van der Waals surface area contributed by atoms with E-state index in [9.17, 15) is 15.2 Å². The fourth-order valence-corrected chi connectivity index (χ4v) is 5.85. The highest BCUT2D eigenvalue weighted by atomic mass is 16.3. The van der Waals surface area contributed by atoms with Gasteiger partial charge in [0.25, 0.3) is 0 Å². The van der Waals surface area contributed by atoms with Gasteiger partial charge < -0.3 is 9.67 Å². The van der Waals surface area contributed by atoms with E-state index in [1.807, 2.05) is 95.1 Å². The molecule has 0 amide bonds. The highest BCUT2D eigenvalue weighted by Crippen LogP contribution is 2.46. The van der Waals surface area contributed by atoms with E-state index in [1.54, 1.807) is 24.3 Å². The highest BCUT2D eigenvalue weighted by molar-refractivity contribution is 6.47. The van der Waals surface area contributed by atoms with E-state index in [0.29, 0.717) is 22.4 Å². The highest BCUT2D eigenvalue weighted by Gasteiger charge is 2.41. The van der Waals surface area contributed by atoms with Gasteiger partial charge in [-0.2, -0.15) is 9.84 Å². The standard InChI is InChI=1S/C35H20N4O2/c1-21-31(27-8-4-6-10-30(27)39(21)25-15-11-22(19-36)12-16-25)33-34(40)32(35(33)41)28-20-38(29-9-5-3-7-26(28)29)24-17-13-23(37-2)14-18-24/h3-18,20H,1H3. The van der Waals surface area contributed by atoms with E-state index in [-0.39, 0.29) is 22.7 Å². The van der Waals surface area contributed by atoms with Crippen LogP contribution in [-0.2, 0) is 4.79 Å². The minimum Gasteiger partial charge on any atom is -0.871 e. The van der Waals surface area contributed by atoms with E-state index in [4.69, 9.17) is 6.57 Å². The second-order valence-corrected chi connectivity index (χ2v) is 9.94. The molecule has 1 aliphatic heterocycles. The molecule has 1 aromatic heterocycles. The van der Waals surface area contributed by atoms with Crippen molar-refractivity contribution in [3.63, 3.8) is 0 Å². The zero-order chi connectivity index (χ0) is 28.2. The second kappa shape index (κ2) is 9.05. The lowest BCUT2D eigenvalue weighted by Crippen LogP contribution is -2.31. The van der Waals surface area contributed by atoms with Crippen molar-refractivity contribution < 1.29 is 9.90 Å². The molecule has 0 fully saturated rings. The van der Waals surface area contributed by atoms with Gasteiger partial charge in [-0.1, -0.05) is 48.2 Å². The molecule has 0 radical (unpaired) electrons. The molecule has 6 heteroatoms. The zero-order valence-corrected chi connectivity index (χ0v) is 21.9. The Morgan fingerprint density at radius 1 is 0.854 bits per heavy atom. The minimum absolute atomic E-state index is 0.183. The lowest BCUT2D eigenvalue weighted by Gasteiger charge is -2.31. The average molecular weight is 529 g/mol. The van der Waals surface area contributed by atoms with Gasteiger partial charge in [-0.25, -0.2) is 4.85 Å². The Kier molecular flexibility index (Phi) is 5.32. The maximum atomic E-state index is 13.9. The molecule has 7 rings (SSSR count). The van der Waals surface area contributed by atoms with Crippen molar-refractivity contribution in [1.29, 1.82) is 5.26 Å². The molecule has 1 aliphatic carbocycles. The number of carbonyl (C=O) groups is 1. The van der Waals surface area contributed by atoms with Crippen molar-refractivity contribution in [3.8, 4) is 11.8 Å². The third-order valence-electron chi connectivity index (χ3n) is 7.76. The number of rotatable bonds is 3. The Labute approximate surface area is 236 Å². The summed E-state index contributed by atoms with van der Waals surface area (Å²) in [6.45, 7) is 9.15. The summed E-state index contributed by atoms with van der Waals surface area (Å²) >= 11 is 0. The number of nitrogens with zero attached hydrogens (tertiary/aromatic N) is 4. The minimum atomic E-state index is -0.271. The third kappa shape index (κ3) is 3.49. The van der Waals surface area contributed by atoms with Crippen LogP contribution in [0.1, 0.15) is 23.6 Å². The first-order chi connectivity index (χ1) is 20.0. The van der Waals surface area contributed by atoms with Crippen molar-refractivity contribution in [2.75, 3.05) is 0 Å². The summed E-state index contributed by atoms with van der Waals surface area (Å²) in [6, 6.07) is 32.0. The normalized spacial score (nSPS) is 16.0. The molecule has 0 unspecified atom stereocenters. The van der Waals surface area contributed by atoms with E-state index < -0.39 is 0 Å². The van der Waals surface area contributed by atoms with Gasteiger partial charge in [0.1, 0.15) is 0 Å². The fourth-order valence-electron chi connectivity index (χ4n) is 5.85. The van der Waals surface area contributed by atoms with Crippen molar-refractivity contribution >= 4 is 50.6 Å². The van der Waals surface area contributed by atoms with Crippen molar-refractivity contribution in [2.24, 2.45) is 0 Å². The number of allylic oxidation sites excluding steroid dienone is 3. The summed E-state index contributed by atoms with van der Waals surface area (Å²) in [5, 5.41) is 23.9. The number of aromatic nitrogens is 1. The van der Waals surface area contributed by atoms with Gasteiger partial charge in [0.2, 0.25) is 11.4 Å². The van der Waals surface area contributed by atoms with Crippen molar-refractivity contribution in [3.05, 3.63) is 143 Å². The van der Waals surface area contributed by atoms with Crippen LogP contribution in [0.25, 0.3) is 32.6 Å². The molecule has 0 bridgehead atoms. The Balaban J connectivity index is 1.41. The van der Waals surface area contributed by atoms with Crippen molar-refractivity contribution in [2.45, 2.75) is 6.92 Å². The Hall–Kier alpha value is -5.98. The van der Waals surface area contributed by atoms with Gasteiger partial charge in [-0.3, -0.25) is 4.79 Å². The topological polar surface area (TPSA) is 76.2 Å². The average Bonchev–Trinajstić information content (AvgIpc) is 3.52. The molecule has 2 aliphatic rings. The molecule has 6 nitrogen and oxygen atoms in total. The number of ketones is 1. The van der Waals surface area contributed by atoms with Gasteiger partial charge in [0.05, 0.1) is 34.9 Å². The van der Waals surface area contributed by atoms with E-state index in [0.717, 1.165) is 39.2 Å². The molecule has 0 spiro atoms. The summed E-state index contributed by atoms with van der Waals surface area (Å²) < 4.78 is 3.97. The lowest BCUT2D eigenvalue weighted by atomic mass is 9.79. The molecule has 192 valence electrons. The summed E-state index contributed by atoms with van der Waals surface area (Å²) in [4.78, 5) is 17.4. The molecule has 41 heavy (non-hydrogen) atoms. The summed E-state index contributed by atoms with van der Waals surface area (Å²) in [5.41, 5.74) is 7.76. The number of hydrogen-bond acceptors (Lipinski definition) is 3. The quantitative estimate of drug-likeness (QED) is 0.153. The first-order valence-electron chi connectivity index (χ1n) is 13.0. The van der Waals surface area contributed by atoms with E-state index in [2.05, 4.69) is 10.9 Å². The van der Waals surface area contributed by atoms with Crippen LogP contribution in [0.2, 0.25) is 0 Å². The van der Waals surface area contributed by atoms with Crippen molar-refractivity contribution in [1.82, 2.24) is 9.14 Å². The third-order valence-corrected chi connectivity index (χ3v) is 7.76. The van der Waals surface area contributed by atoms with Gasteiger partial charge in [-0.05, 0) is 36.4 Å². The number of carbonyl (C=O) groups excluding carboxylic acids is 1. The van der Waals surface area contributed by atoms with Crippen LogP contribution >= 0.6 is 0 Å². The maximum Gasteiger partial charge on any atom is 0.219 e. The molecular formula is C35H20N4O2. The molecule has 0 N–H and O–H groups in total. The number of para-hydroxylation sites is 2. The molecule has 4 aromatic carbocycles. The number of fused-ring (bicyclic) bond motifs is 2. The number of benzene rings is 4. The predicted octanol–water partition coefficient (Wildman–Crippen LogP) is 6.47. The number of Topliss-reactive ketones (excluding diaryl/α,β-unsaturated/α-hetero) is 1. The molecule has 0 atom stereocenters. The fraction of sp³-hybridized carbons (Fsp3) is 0.0286. The summed E-state index contributed by atoms with van der Waals surface area (Å²) in [5.74, 6) is -0.542. The summed E-state index contributed by atoms with van der Waals surface area (Å²) in [6.07, 6.45) is 1.84. The monoisotopic (exact) mass is 528 g/mol. The number of nitriles is 1. The van der Waals surface area contributed by atoms with E-state index >= 15 is 0 Å². The van der Waals surface area contributed by atoms with Gasteiger partial charge in [0.15, 0.2) is 17.2 Å². The molecular weight excluding hydrogens is 508 g/mol. The first kappa shape index (κ1) is 24.1. The molecule has 0 saturated carbocycles. The molecule has 0 saturated heterocycles. The predicted molar refractivity (Wildman–Crippen MR) is 158 cm³/mol. The van der Waals surface area contributed by atoms with Crippen LogP contribution in [0.3, 0.4) is 0 Å². The second-order valence-electron chi connectivity index (χ2n) is 9.94. The zero-order valence-electron chi connectivity index (χ0n) is 21.9. The molecule has 2 heterocycles. The van der Waals surface area contributed by atoms with Crippen LogP contribution in [0.4, 0.5) is 17.1 Å².